The molecule has 2 fully saturated rings. The van der Waals surface area contributed by atoms with E-state index < -0.39 is 5.91 Å². The topological polar surface area (TPSA) is 131 Å². The molecule has 1 atom stereocenters. The van der Waals surface area contributed by atoms with Gasteiger partial charge in [-0.05, 0) is 37.7 Å². The number of hydrogen-bond acceptors (Lipinski definition) is 7. The van der Waals surface area contributed by atoms with Crippen LogP contribution in [0.1, 0.15) is 61.3 Å². The number of rotatable bonds is 8. The number of piperidine rings is 1. The minimum Gasteiger partial charge on any atom is -0.369 e. The van der Waals surface area contributed by atoms with E-state index in [1.807, 2.05) is 10.9 Å². The van der Waals surface area contributed by atoms with Crippen molar-refractivity contribution in [3.63, 3.8) is 0 Å². The Morgan fingerprint density at radius 2 is 2.00 bits per heavy atom. The lowest BCUT2D eigenvalue weighted by molar-refractivity contribution is -0.127. The number of carbonyl (C=O) groups is 2. The molecule has 3 heterocycles. The molecule has 1 aliphatic carbocycles. The molecular weight excluding hydrogens is 420 g/mol. The highest BCUT2D eigenvalue weighted by Gasteiger charge is 2.24. The summed E-state index contributed by atoms with van der Waals surface area (Å²) in [5, 5.41) is 10.9. The zero-order valence-electron chi connectivity index (χ0n) is 18.9. The van der Waals surface area contributed by atoms with Crippen molar-refractivity contribution >= 4 is 29.3 Å². The summed E-state index contributed by atoms with van der Waals surface area (Å²) >= 11 is 0. The van der Waals surface area contributed by atoms with E-state index in [4.69, 9.17) is 5.73 Å². The van der Waals surface area contributed by atoms with Crippen molar-refractivity contribution in [1.82, 2.24) is 24.6 Å². The van der Waals surface area contributed by atoms with Crippen molar-refractivity contribution in [2.24, 2.45) is 11.7 Å². The average molecular weight is 453 g/mol. The number of anilines is 3. The summed E-state index contributed by atoms with van der Waals surface area (Å²) in [4.78, 5) is 34.4. The molecule has 0 unspecified atom stereocenters. The van der Waals surface area contributed by atoms with Gasteiger partial charge in [-0.15, -0.1) is 0 Å². The molecule has 2 amide bonds. The Labute approximate surface area is 193 Å². The van der Waals surface area contributed by atoms with Crippen LogP contribution in [0.2, 0.25) is 0 Å². The fourth-order valence-corrected chi connectivity index (χ4v) is 4.62. The van der Waals surface area contributed by atoms with Gasteiger partial charge in [0.25, 0.3) is 5.91 Å². The van der Waals surface area contributed by atoms with Gasteiger partial charge in [-0.25, -0.2) is 4.98 Å². The summed E-state index contributed by atoms with van der Waals surface area (Å²) < 4.78 is 1.87. The first-order valence-electron chi connectivity index (χ1n) is 11.7. The zero-order valence-corrected chi connectivity index (χ0v) is 18.9. The van der Waals surface area contributed by atoms with Gasteiger partial charge in [0, 0.05) is 32.0 Å². The Bertz CT molecular complexity index is 998. The van der Waals surface area contributed by atoms with E-state index in [-0.39, 0.29) is 17.5 Å². The third-order valence-corrected chi connectivity index (χ3v) is 6.45. The van der Waals surface area contributed by atoms with Crippen LogP contribution in [-0.4, -0.2) is 56.1 Å². The van der Waals surface area contributed by atoms with Crippen LogP contribution in [0.5, 0.6) is 0 Å². The first kappa shape index (κ1) is 22.8. The van der Waals surface area contributed by atoms with Crippen molar-refractivity contribution in [2.75, 3.05) is 30.3 Å². The highest BCUT2D eigenvalue weighted by Crippen LogP contribution is 2.26. The molecule has 1 aliphatic heterocycles. The van der Waals surface area contributed by atoms with Crippen molar-refractivity contribution < 1.29 is 9.59 Å². The van der Waals surface area contributed by atoms with E-state index in [2.05, 4.69) is 32.3 Å². The lowest BCUT2D eigenvalue weighted by atomic mass is 9.89. The molecule has 10 nitrogen and oxygen atoms in total. The van der Waals surface area contributed by atoms with Crippen molar-refractivity contribution in [3.8, 4) is 0 Å². The third-order valence-electron chi connectivity index (χ3n) is 6.45. The number of amides is 2. The molecule has 0 aromatic carbocycles. The molecule has 0 bridgehead atoms. The molecule has 2 aliphatic rings. The fraction of sp³-hybridized carbons (Fsp3) is 0.522. The van der Waals surface area contributed by atoms with Crippen LogP contribution < -0.4 is 16.4 Å². The molecule has 0 radical (unpaired) electrons. The Morgan fingerprint density at radius 1 is 1.18 bits per heavy atom. The Kier molecular flexibility index (Phi) is 7.21. The standard InChI is InChI=1S/C23H32N8O2/c1-2-20(32)30-10-6-9-18(15-30)31-14-17(12-27-31)28-23-26-13-19(21(24)33)22(29-23)25-11-16-7-4-3-5-8-16/h2,12-14,16,18H,1,3-11,15H2,(H2,24,33)(H2,25,26,28,29)/t18-/m0/s1. The summed E-state index contributed by atoms with van der Waals surface area (Å²) in [5.74, 6) is 0.770. The second kappa shape index (κ2) is 10.5. The van der Waals surface area contributed by atoms with Gasteiger partial charge in [-0.3, -0.25) is 14.3 Å². The van der Waals surface area contributed by atoms with Crippen molar-refractivity contribution in [3.05, 3.63) is 36.8 Å². The second-order valence-corrected chi connectivity index (χ2v) is 8.82. The zero-order chi connectivity index (χ0) is 23.2. The largest absolute Gasteiger partial charge is 0.369 e. The Balaban J connectivity index is 1.43. The highest BCUT2D eigenvalue weighted by molar-refractivity contribution is 5.97. The van der Waals surface area contributed by atoms with Crippen LogP contribution in [0.3, 0.4) is 0 Å². The Morgan fingerprint density at radius 3 is 2.76 bits per heavy atom. The third kappa shape index (κ3) is 5.68. The van der Waals surface area contributed by atoms with Crippen LogP contribution >= 0.6 is 0 Å². The first-order valence-corrected chi connectivity index (χ1v) is 11.7. The molecule has 33 heavy (non-hydrogen) atoms. The van der Waals surface area contributed by atoms with E-state index >= 15 is 0 Å². The molecule has 10 heteroatoms. The summed E-state index contributed by atoms with van der Waals surface area (Å²) in [5.41, 5.74) is 6.54. The molecule has 2 aromatic heterocycles. The minimum atomic E-state index is -0.559. The molecule has 0 spiro atoms. The smallest absolute Gasteiger partial charge is 0.254 e. The van der Waals surface area contributed by atoms with Crippen LogP contribution in [0.25, 0.3) is 0 Å². The maximum absolute atomic E-state index is 12.0. The average Bonchev–Trinajstić information content (AvgIpc) is 3.31. The second-order valence-electron chi connectivity index (χ2n) is 8.82. The minimum absolute atomic E-state index is 0.0543. The number of aromatic nitrogens is 4. The molecule has 4 rings (SSSR count). The number of carbonyl (C=O) groups excluding carboxylic acids is 2. The van der Waals surface area contributed by atoms with Gasteiger partial charge in [-0.1, -0.05) is 25.8 Å². The molecular formula is C23H32N8O2. The quantitative estimate of drug-likeness (QED) is 0.525. The van der Waals surface area contributed by atoms with Gasteiger partial charge < -0.3 is 21.3 Å². The van der Waals surface area contributed by atoms with Crippen LogP contribution in [0, 0.1) is 5.92 Å². The van der Waals surface area contributed by atoms with E-state index in [1.54, 1.807) is 11.1 Å². The number of nitrogens with zero attached hydrogens (tertiary/aromatic N) is 5. The maximum Gasteiger partial charge on any atom is 0.254 e. The summed E-state index contributed by atoms with van der Waals surface area (Å²) in [7, 11) is 0. The number of nitrogens with two attached hydrogens (primary N) is 1. The summed E-state index contributed by atoms with van der Waals surface area (Å²) in [6.45, 7) is 5.68. The van der Waals surface area contributed by atoms with Gasteiger partial charge >= 0.3 is 0 Å². The predicted molar refractivity (Wildman–Crippen MR) is 126 cm³/mol. The maximum atomic E-state index is 12.0. The number of nitrogens with one attached hydrogen (secondary N) is 2. The fourth-order valence-electron chi connectivity index (χ4n) is 4.62. The molecule has 4 N–H and O–H groups in total. The molecule has 176 valence electrons. The number of hydrogen-bond donors (Lipinski definition) is 3. The number of likely N-dealkylation sites (tertiary alicyclic amines) is 1. The number of primary amides is 1. The van der Waals surface area contributed by atoms with E-state index in [0.29, 0.717) is 24.2 Å². The highest BCUT2D eigenvalue weighted by atomic mass is 16.2. The van der Waals surface area contributed by atoms with E-state index in [0.717, 1.165) is 31.6 Å². The van der Waals surface area contributed by atoms with Gasteiger partial charge in [0.2, 0.25) is 11.9 Å². The van der Waals surface area contributed by atoms with E-state index in [9.17, 15) is 9.59 Å². The normalized spacial score (nSPS) is 19.2. The lowest BCUT2D eigenvalue weighted by Crippen LogP contribution is -2.39. The monoisotopic (exact) mass is 452 g/mol. The van der Waals surface area contributed by atoms with Gasteiger partial charge in [-0.2, -0.15) is 10.1 Å². The van der Waals surface area contributed by atoms with Crippen LogP contribution in [0.15, 0.2) is 31.2 Å². The van der Waals surface area contributed by atoms with Gasteiger partial charge in [0.1, 0.15) is 5.82 Å². The molecule has 1 saturated heterocycles. The van der Waals surface area contributed by atoms with E-state index in [1.165, 1.54) is 44.4 Å². The van der Waals surface area contributed by atoms with Crippen LogP contribution in [-0.2, 0) is 4.79 Å². The lowest BCUT2D eigenvalue weighted by Gasteiger charge is -2.32. The summed E-state index contributed by atoms with van der Waals surface area (Å²) in [6.07, 6.45) is 14.4. The first-order chi connectivity index (χ1) is 16.0. The van der Waals surface area contributed by atoms with Gasteiger partial charge in [0.05, 0.1) is 23.5 Å². The van der Waals surface area contributed by atoms with Crippen molar-refractivity contribution in [2.45, 2.75) is 51.0 Å². The summed E-state index contributed by atoms with van der Waals surface area (Å²) in [6, 6.07) is 0.101. The van der Waals surface area contributed by atoms with Crippen LogP contribution in [0.4, 0.5) is 17.5 Å². The Hall–Kier alpha value is -3.43. The molecule has 2 aromatic rings. The predicted octanol–water partition coefficient (Wildman–Crippen LogP) is 2.86. The van der Waals surface area contributed by atoms with Gasteiger partial charge in [0.15, 0.2) is 0 Å². The SMILES string of the molecule is C=CC(=O)N1CCC[C@H](n2cc(Nc3ncc(C(N)=O)c(NCC4CCCCC4)n3)cn2)C1. The van der Waals surface area contributed by atoms with Crippen molar-refractivity contribution in [1.29, 1.82) is 0 Å². The molecule has 1 saturated carbocycles.